The molecule has 4 bridgehead atoms. The summed E-state index contributed by atoms with van der Waals surface area (Å²) in [6.07, 6.45) is 7.74. The molecule has 20 heavy (non-hydrogen) atoms. The van der Waals surface area contributed by atoms with Crippen LogP contribution < -0.4 is 10.6 Å². The maximum atomic E-state index is 12.3. The molecule has 1 aromatic rings. The van der Waals surface area contributed by atoms with Gasteiger partial charge in [0.25, 0.3) is 0 Å². The van der Waals surface area contributed by atoms with Gasteiger partial charge in [0.1, 0.15) is 0 Å². The molecule has 0 radical (unpaired) electrons. The zero-order chi connectivity index (χ0) is 13.7. The van der Waals surface area contributed by atoms with Crippen LogP contribution in [0.3, 0.4) is 0 Å². The molecule has 4 aliphatic carbocycles. The van der Waals surface area contributed by atoms with Crippen LogP contribution in [0.5, 0.6) is 0 Å². The van der Waals surface area contributed by atoms with Gasteiger partial charge in [0.05, 0.1) is 5.69 Å². The van der Waals surface area contributed by atoms with Crippen LogP contribution in [-0.4, -0.2) is 16.6 Å². The van der Waals surface area contributed by atoms with Crippen molar-refractivity contribution < 1.29 is 4.79 Å². The van der Waals surface area contributed by atoms with E-state index < -0.39 is 0 Å². The van der Waals surface area contributed by atoms with Crippen molar-refractivity contribution in [3.8, 4) is 0 Å². The van der Waals surface area contributed by atoms with Gasteiger partial charge < -0.3 is 5.32 Å². The van der Waals surface area contributed by atoms with Crippen LogP contribution in [0.15, 0.2) is 5.38 Å². The minimum absolute atomic E-state index is 0.0682. The SMILES string of the molecule is Cc1csc(NC(=O)NC23CC4CC(CC(C4)C2)C3)n1. The van der Waals surface area contributed by atoms with Crippen LogP contribution in [0.2, 0.25) is 0 Å². The number of nitrogens with one attached hydrogen (secondary N) is 2. The molecule has 0 spiro atoms. The van der Waals surface area contributed by atoms with Crippen LogP contribution in [-0.2, 0) is 0 Å². The highest BCUT2D eigenvalue weighted by Crippen LogP contribution is 2.55. The minimum Gasteiger partial charge on any atom is -0.332 e. The van der Waals surface area contributed by atoms with Gasteiger partial charge in [-0.25, -0.2) is 9.78 Å². The third-order valence-corrected chi connectivity index (χ3v) is 6.13. The Bertz CT molecular complexity index is 504. The van der Waals surface area contributed by atoms with E-state index in [1.165, 1.54) is 49.9 Å². The first-order chi connectivity index (χ1) is 9.60. The number of carbonyl (C=O) groups excluding carboxylic acids is 1. The summed E-state index contributed by atoms with van der Waals surface area (Å²) in [5.74, 6) is 2.55. The fraction of sp³-hybridized carbons (Fsp3) is 0.733. The van der Waals surface area contributed by atoms with E-state index in [4.69, 9.17) is 0 Å². The fourth-order valence-electron chi connectivity index (χ4n) is 5.04. The van der Waals surface area contributed by atoms with E-state index in [-0.39, 0.29) is 11.6 Å². The molecule has 5 heteroatoms. The Morgan fingerprint density at radius 3 is 2.35 bits per heavy atom. The maximum absolute atomic E-state index is 12.3. The normalized spacial score (nSPS) is 38.0. The van der Waals surface area contributed by atoms with Crippen molar-refractivity contribution in [3.05, 3.63) is 11.1 Å². The largest absolute Gasteiger partial charge is 0.332 e. The zero-order valence-electron chi connectivity index (χ0n) is 11.8. The zero-order valence-corrected chi connectivity index (χ0v) is 12.6. The molecule has 5 rings (SSSR count). The van der Waals surface area contributed by atoms with Crippen LogP contribution >= 0.6 is 11.3 Å². The fourth-order valence-corrected chi connectivity index (χ4v) is 5.73. The Balaban J connectivity index is 1.44. The number of carbonyl (C=O) groups is 1. The summed E-state index contributed by atoms with van der Waals surface area (Å²) in [5.41, 5.74) is 1.03. The van der Waals surface area contributed by atoms with Crippen molar-refractivity contribution in [1.29, 1.82) is 0 Å². The van der Waals surface area contributed by atoms with E-state index in [1.54, 1.807) is 0 Å². The molecule has 2 amide bonds. The molecular formula is C15H21N3OS. The smallest absolute Gasteiger partial charge is 0.321 e. The van der Waals surface area contributed by atoms with E-state index in [0.717, 1.165) is 23.4 Å². The van der Waals surface area contributed by atoms with E-state index in [2.05, 4.69) is 15.6 Å². The number of aromatic nitrogens is 1. The molecule has 2 N–H and O–H groups in total. The number of thiazole rings is 1. The number of anilines is 1. The average molecular weight is 291 g/mol. The maximum Gasteiger partial charge on any atom is 0.321 e. The van der Waals surface area contributed by atoms with Crippen molar-refractivity contribution >= 4 is 22.5 Å². The lowest BCUT2D eigenvalue weighted by Crippen LogP contribution is -2.60. The topological polar surface area (TPSA) is 54.0 Å². The second kappa shape index (κ2) is 4.45. The molecule has 1 aromatic heterocycles. The van der Waals surface area contributed by atoms with Gasteiger partial charge in [-0.3, -0.25) is 5.32 Å². The molecule has 1 heterocycles. The predicted molar refractivity (Wildman–Crippen MR) is 79.9 cm³/mol. The average Bonchev–Trinajstić information content (AvgIpc) is 2.71. The molecule has 0 saturated heterocycles. The monoisotopic (exact) mass is 291 g/mol. The Hall–Kier alpha value is -1.10. The minimum atomic E-state index is -0.0682. The number of hydrogen-bond acceptors (Lipinski definition) is 3. The first-order valence-electron chi connectivity index (χ1n) is 7.61. The lowest BCUT2D eigenvalue weighted by molar-refractivity contribution is -0.0127. The van der Waals surface area contributed by atoms with Crippen LogP contribution in [0.1, 0.15) is 44.2 Å². The Labute approximate surface area is 123 Å². The highest BCUT2D eigenvalue weighted by Gasteiger charge is 2.51. The number of nitrogens with zero attached hydrogens (tertiary/aromatic N) is 1. The van der Waals surface area contributed by atoms with Gasteiger partial charge in [0.2, 0.25) is 0 Å². The molecule has 4 aliphatic rings. The van der Waals surface area contributed by atoms with Gasteiger partial charge in [-0.05, 0) is 63.2 Å². The number of aryl methyl sites for hydroxylation is 1. The van der Waals surface area contributed by atoms with Crippen molar-refractivity contribution in [2.24, 2.45) is 17.8 Å². The highest BCUT2D eigenvalue weighted by atomic mass is 32.1. The van der Waals surface area contributed by atoms with Gasteiger partial charge in [0.15, 0.2) is 5.13 Å². The third kappa shape index (κ3) is 2.22. The Kier molecular flexibility index (Phi) is 2.81. The quantitative estimate of drug-likeness (QED) is 0.875. The number of hydrogen-bond donors (Lipinski definition) is 2. The summed E-state index contributed by atoms with van der Waals surface area (Å²) in [7, 11) is 0. The van der Waals surface area contributed by atoms with Gasteiger partial charge in [-0.2, -0.15) is 0 Å². The van der Waals surface area contributed by atoms with E-state index in [0.29, 0.717) is 5.13 Å². The molecule has 0 unspecified atom stereocenters. The number of rotatable bonds is 2. The van der Waals surface area contributed by atoms with Crippen molar-refractivity contribution in [2.75, 3.05) is 5.32 Å². The molecule has 0 atom stereocenters. The summed E-state index contributed by atoms with van der Waals surface area (Å²) in [6, 6.07) is -0.0682. The van der Waals surface area contributed by atoms with E-state index in [9.17, 15) is 4.79 Å². The Morgan fingerprint density at radius 2 is 1.85 bits per heavy atom. The first kappa shape index (κ1) is 12.6. The number of urea groups is 1. The summed E-state index contributed by atoms with van der Waals surface area (Å²) < 4.78 is 0. The van der Waals surface area contributed by atoms with Gasteiger partial charge in [0, 0.05) is 10.9 Å². The van der Waals surface area contributed by atoms with Crippen LogP contribution in [0.4, 0.5) is 9.93 Å². The third-order valence-electron chi connectivity index (χ3n) is 5.26. The molecular weight excluding hydrogens is 270 g/mol. The number of amides is 2. The standard InChI is InChI=1S/C15H21N3OS/c1-9-8-20-14(16-9)17-13(19)18-15-5-10-2-11(6-15)4-12(3-10)7-15/h8,10-12H,2-7H2,1H3,(H2,16,17,18,19). The second-order valence-corrected chi connectivity index (χ2v) is 7.93. The van der Waals surface area contributed by atoms with Crippen molar-refractivity contribution in [1.82, 2.24) is 10.3 Å². The Morgan fingerprint density at radius 1 is 1.25 bits per heavy atom. The predicted octanol–water partition coefficient (Wildman–Crippen LogP) is 3.54. The van der Waals surface area contributed by atoms with E-state index in [1.807, 2.05) is 12.3 Å². The molecule has 4 nitrogen and oxygen atoms in total. The van der Waals surface area contributed by atoms with Crippen molar-refractivity contribution in [3.63, 3.8) is 0 Å². The molecule has 4 fully saturated rings. The van der Waals surface area contributed by atoms with Crippen LogP contribution in [0, 0.1) is 24.7 Å². The second-order valence-electron chi connectivity index (χ2n) is 7.07. The van der Waals surface area contributed by atoms with Crippen LogP contribution in [0.25, 0.3) is 0 Å². The molecule has 0 aromatic carbocycles. The highest BCUT2D eigenvalue weighted by molar-refractivity contribution is 7.13. The van der Waals surface area contributed by atoms with Crippen molar-refractivity contribution in [2.45, 2.75) is 51.0 Å². The summed E-state index contributed by atoms with van der Waals surface area (Å²) >= 11 is 1.49. The van der Waals surface area contributed by atoms with E-state index >= 15 is 0 Å². The lowest BCUT2D eigenvalue weighted by atomic mass is 9.53. The summed E-state index contributed by atoms with van der Waals surface area (Å²) in [4.78, 5) is 16.5. The molecule has 108 valence electrons. The first-order valence-corrected chi connectivity index (χ1v) is 8.49. The van der Waals surface area contributed by atoms with Gasteiger partial charge >= 0.3 is 6.03 Å². The lowest BCUT2D eigenvalue weighted by Gasteiger charge is -2.56. The van der Waals surface area contributed by atoms with Gasteiger partial charge in [-0.15, -0.1) is 11.3 Å². The molecule has 4 saturated carbocycles. The summed E-state index contributed by atoms with van der Waals surface area (Å²) in [5, 5.41) is 8.85. The van der Waals surface area contributed by atoms with Gasteiger partial charge in [-0.1, -0.05) is 0 Å². The molecule has 0 aliphatic heterocycles. The summed E-state index contributed by atoms with van der Waals surface area (Å²) in [6.45, 7) is 1.94.